The van der Waals surface area contributed by atoms with Crippen molar-refractivity contribution in [3.8, 4) is 0 Å². The maximum absolute atomic E-state index is 13.5. The molecule has 5 heteroatoms. The Labute approximate surface area is 102 Å². The molecule has 0 aliphatic carbocycles. The third-order valence-corrected chi connectivity index (χ3v) is 2.79. The molecule has 0 saturated heterocycles. The first-order valence-corrected chi connectivity index (χ1v) is 5.65. The number of carbonyl (C=O) groups is 1. The minimum atomic E-state index is -0.954. The average Bonchev–Trinajstić information content (AvgIpc) is 2.16. The van der Waals surface area contributed by atoms with Gasteiger partial charge in [-0.25, -0.2) is 4.39 Å². The Morgan fingerprint density at radius 1 is 1.50 bits per heavy atom. The molecular formula is C11H13BrFNO2. The topological polar surface area (TPSA) is 49.3 Å². The Bertz CT molecular complexity index is 398. The molecule has 0 heterocycles. The molecular weight excluding hydrogens is 277 g/mol. The lowest BCUT2D eigenvalue weighted by Crippen LogP contribution is -2.35. The monoisotopic (exact) mass is 289 g/mol. The molecule has 0 radical (unpaired) electrons. The standard InChI is InChI=1S/C11H13BrFNO2/c1-6(14-7(2)11(15)16)9-4-3-8(12)5-10(9)13/h3-7,14H,1-2H3,(H,15,16). The van der Waals surface area contributed by atoms with E-state index in [9.17, 15) is 9.18 Å². The van der Waals surface area contributed by atoms with Crippen LogP contribution in [0.5, 0.6) is 0 Å². The maximum Gasteiger partial charge on any atom is 0.320 e. The highest BCUT2D eigenvalue weighted by atomic mass is 79.9. The van der Waals surface area contributed by atoms with Gasteiger partial charge in [-0.1, -0.05) is 22.0 Å². The molecule has 16 heavy (non-hydrogen) atoms. The van der Waals surface area contributed by atoms with Crippen LogP contribution in [0.2, 0.25) is 0 Å². The molecule has 2 atom stereocenters. The maximum atomic E-state index is 13.5. The third-order valence-electron chi connectivity index (χ3n) is 2.30. The van der Waals surface area contributed by atoms with Crippen molar-refractivity contribution in [2.24, 2.45) is 0 Å². The quantitative estimate of drug-likeness (QED) is 0.896. The van der Waals surface area contributed by atoms with Crippen LogP contribution in [-0.2, 0) is 4.79 Å². The first kappa shape index (κ1) is 13.1. The van der Waals surface area contributed by atoms with Crippen LogP contribution >= 0.6 is 15.9 Å². The van der Waals surface area contributed by atoms with E-state index in [-0.39, 0.29) is 11.9 Å². The Hall–Kier alpha value is -0.940. The molecule has 0 fully saturated rings. The van der Waals surface area contributed by atoms with E-state index in [0.29, 0.717) is 10.0 Å². The predicted octanol–water partition coefficient (Wildman–Crippen LogP) is 2.71. The second-order valence-corrected chi connectivity index (χ2v) is 4.53. The van der Waals surface area contributed by atoms with Gasteiger partial charge in [0.15, 0.2) is 0 Å². The van der Waals surface area contributed by atoms with Gasteiger partial charge in [0.1, 0.15) is 11.9 Å². The summed E-state index contributed by atoms with van der Waals surface area (Å²) in [6.45, 7) is 3.25. The molecule has 3 nitrogen and oxygen atoms in total. The number of halogens is 2. The van der Waals surface area contributed by atoms with Crippen LogP contribution in [-0.4, -0.2) is 17.1 Å². The summed E-state index contributed by atoms with van der Waals surface area (Å²) in [4.78, 5) is 10.6. The number of carboxylic acids is 1. The zero-order valence-electron chi connectivity index (χ0n) is 9.00. The summed E-state index contributed by atoms with van der Waals surface area (Å²) >= 11 is 3.16. The van der Waals surface area contributed by atoms with E-state index < -0.39 is 12.0 Å². The number of hydrogen-bond acceptors (Lipinski definition) is 2. The van der Waals surface area contributed by atoms with Gasteiger partial charge in [0.25, 0.3) is 0 Å². The van der Waals surface area contributed by atoms with Gasteiger partial charge in [-0.15, -0.1) is 0 Å². The molecule has 0 spiro atoms. The number of rotatable bonds is 4. The molecule has 1 aromatic rings. The van der Waals surface area contributed by atoms with Gasteiger partial charge < -0.3 is 5.11 Å². The van der Waals surface area contributed by atoms with Crippen LogP contribution in [0.25, 0.3) is 0 Å². The zero-order chi connectivity index (χ0) is 12.3. The summed E-state index contributed by atoms with van der Waals surface area (Å²) in [5, 5.41) is 11.5. The van der Waals surface area contributed by atoms with Gasteiger partial charge in [-0.3, -0.25) is 10.1 Å². The fraction of sp³-hybridized carbons (Fsp3) is 0.364. The Kier molecular flexibility index (Phi) is 4.44. The van der Waals surface area contributed by atoms with E-state index in [1.165, 1.54) is 13.0 Å². The molecule has 0 amide bonds. The molecule has 0 aromatic heterocycles. The van der Waals surface area contributed by atoms with Crippen molar-refractivity contribution in [2.45, 2.75) is 25.9 Å². The lowest BCUT2D eigenvalue weighted by molar-refractivity contribution is -0.139. The minimum Gasteiger partial charge on any atom is -0.480 e. The number of aliphatic carboxylic acids is 1. The number of hydrogen-bond donors (Lipinski definition) is 2. The average molecular weight is 290 g/mol. The van der Waals surface area contributed by atoms with Crippen LogP contribution < -0.4 is 5.32 Å². The fourth-order valence-electron chi connectivity index (χ4n) is 1.39. The van der Waals surface area contributed by atoms with Crippen LogP contribution in [0.1, 0.15) is 25.5 Å². The highest BCUT2D eigenvalue weighted by molar-refractivity contribution is 9.10. The van der Waals surface area contributed by atoms with E-state index >= 15 is 0 Å². The SMILES string of the molecule is CC(NC(C)c1ccc(Br)cc1F)C(=O)O. The Balaban J connectivity index is 2.80. The van der Waals surface area contributed by atoms with Gasteiger partial charge in [-0.05, 0) is 26.0 Å². The van der Waals surface area contributed by atoms with Gasteiger partial charge in [0.2, 0.25) is 0 Å². The Morgan fingerprint density at radius 3 is 2.62 bits per heavy atom. The van der Waals surface area contributed by atoms with E-state index in [2.05, 4.69) is 21.2 Å². The van der Waals surface area contributed by atoms with Gasteiger partial charge in [-0.2, -0.15) is 0 Å². The van der Waals surface area contributed by atoms with Gasteiger partial charge in [0, 0.05) is 16.1 Å². The lowest BCUT2D eigenvalue weighted by atomic mass is 10.1. The van der Waals surface area contributed by atoms with Crippen LogP contribution in [0, 0.1) is 5.82 Å². The smallest absolute Gasteiger partial charge is 0.320 e. The first-order valence-electron chi connectivity index (χ1n) is 4.85. The summed E-state index contributed by atoms with van der Waals surface area (Å²) in [7, 11) is 0. The molecule has 1 aromatic carbocycles. The van der Waals surface area contributed by atoms with Crippen molar-refractivity contribution in [2.75, 3.05) is 0 Å². The van der Waals surface area contributed by atoms with Crippen molar-refractivity contribution in [3.63, 3.8) is 0 Å². The largest absolute Gasteiger partial charge is 0.480 e. The van der Waals surface area contributed by atoms with Crippen molar-refractivity contribution in [1.82, 2.24) is 5.32 Å². The summed E-state index contributed by atoms with van der Waals surface area (Å²) < 4.78 is 14.2. The highest BCUT2D eigenvalue weighted by Gasteiger charge is 2.17. The van der Waals surface area contributed by atoms with Crippen molar-refractivity contribution < 1.29 is 14.3 Å². The summed E-state index contributed by atoms with van der Waals surface area (Å²) in [6, 6.07) is 3.66. The normalized spacial score (nSPS) is 14.5. The summed E-state index contributed by atoms with van der Waals surface area (Å²) in [5.74, 6) is -1.31. The van der Waals surface area contributed by atoms with E-state index in [0.717, 1.165) is 0 Å². The molecule has 1 rings (SSSR count). The Morgan fingerprint density at radius 2 is 2.12 bits per heavy atom. The number of nitrogens with one attached hydrogen (secondary N) is 1. The van der Waals surface area contributed by atoms with Crippen LogP contribution in [0.3, 0.4) is 0 Å². The lowest BCUT2D eigenvalue weighted by Gasteiger charge is -2.18. The van der Waals surface area contributed by atoms with E-state index in [1.807, 2.05) is 0 Å². The third kappa shape index (κ3) is 3.28. The van der Waals surface area contributed by atoms with E-state index in [4.69, 9.17) is 5.11 Å². The number of benzene rings is 1. The summed E-state index contributed by atoms with van der Waals surface area (Å²) in [5.41, 5.74) is 0.455. The first-order chi connectivity index (χ1) is 7.41. The van der Waals surface area contributed by atoms with Gasteiger partial charge in [0.05, 0.1) is 0 Å². The van der Waals surface area contributed by atoms with Crippen molar-refractivity contribution in [3.05, 3.63) is 34.1 Å². The summed E-state index contributed by atoms with van der Waals surface area (Å²) in [6.07, 6.45) is 0. The molecule has 0 saturated carbocycles. The van der Waals surface area contributed by atoms with Crippen LogP contribution in [0.4, 0.5) is 4.39 Å². The molecule has 2 N–H and O–H groups in total. The highest BCUT2D eigenvalue weighted by Crippen LogP contribution is 2.21. The number of carboxylic acid groups (broad SMARTS) is 1. The van der Waals surface area contributed by atoms with Crippen molar-refractivity contribution >= 4 is 21.9 Å². The second kappa shape index (κ2) is 5.41. The minimum absolute atomic E-state index is 0.348. The molecule has 2 unspecified atom stereocenters. The predicted molar refractivity (Wildman–Crippen MR) is 62.7 cm³/mol. The molecule has 0 aliphatic rings. The molecule has 88 valence electrons. The van der Waals surface area contributed by atoms with Gasteiger partial charge >= 0.3 is 5.97 Å². The van der Waals surface area contributed by atoms with Crippen molar-refractivity contribution in [1.29, 1.82) is 0 Å². The molecule has 0 bridgehead atoms. The van der Waals surface area contributed by atoms with Crippen LogP contribution in [0.15, 0.2) is 22.7 Å². The van der Waals surface area contributed by atoms with E-state index in [1.54, 1.807) is 19.1 Å². The zero-order valence-corrected chi connectivity index (χ0v) is 10.6. The fourth-order valence-corrected chi connectivity index (χ4v) is 1.72. The molecule has 0 aliphatic heterocycles. The second-order valence-electron chi connectivity index (χ2n) is 3.61.